The van der Waals surface area contributed by atoms with Gasteiger partial charge in [0.05, 0.1) is 5.69 Å². The van der Waals surface area contributed by atoms with E-state index in [0.29, 0.717) is 11.3 Å². The van der Waals surface area contributed by atoms with Crippen molar-refractivity contribution < 1.29 is 4.79 Å². The Balaban J connectivity index is 1.92. The third-order valence-corrected chi connectivity index (χ3v) is 3.50. The maximum Gasteiger partial charge on any atom is 0.255 e. The van der Waals surface area contributed by atoms with E-state index in [2.05, 4.69) is 10.3 Å². The lowest BCUT2D eigenvalue weighted by Crippen LogP contribution is -2.19. The Bertz CT molecular complexity index is 890. The summed E-state index contributed by atoms with van der Waals surface area (Å²) in [4.78, 5) is 26.9. The van der Waals surface area contributed by atoms with Gasteiger partial charge in [-0.2, -0.15) is 0 Å². The molecule has 3 rings (SSSR count). The number of pyridine rings is 1. The lowest BCUT2D eigenvalue weighted by molar-refractivity contribution is 0.102. The van der Waals surface area contributed by atoms with Crippen LogP contribution in [0.25, 0.3) is 10.9 Å². The van der Waals surface area contributed by atoms with Crippen LogP contribution in [0.4, 0.5) is 5.69 Å². The first-order valence-electron chi connectivity index (χ1n) is 6.60. The summed E-state index contributed by atoms with van der Waals surface area (Å²) in [6, 6.07) is 8.90. The smallest absolute Gasteiger partial charge is 0.255 e. The molecule has 0 spiro atoms. The normalized spacial score (nSPS) is 10.8. The molecule has 0 fully saturated rings. The number of hydrogen-bond acceptors (Lipinski definition) is 2. The molecule has 0 aliphatic heterocycles. The minimum Gasteiger partial charge on any atom is -0.361 e. The van der Waals surface area contributed by atoms with Crippen LogP contribution in [0.1, 0.15) is 15.9 Å². The van der Waals surface area contributed by atoms with Gasteiger partial charge in [0.25, 0.3) is 11.5 Å². The summed E-state index contributed by atoms with van der Waals surface area (Å²) >= 11 is 0. The van der Waals surface area contributed by atoms with Crippen molar-refractivity contribution >= 4 is 22.5 Å². The fourth-order valence-corrected chi connectivity index (χ4v) is 2.24. The number of hydrogen-bond donors (Lipinski definition) is 2. The molecule has 1 amide bonds. The van der Waals surface area contributed by atoms with Gasteiger partial charge in [-0.15, -0.1) is 0 Å². The number of benzene rings is 1. The van der Waals surface area contributed by atoms with Crippen molar-refractivity contribution in [2.24, 2.45) is 7.05 Å². The Labute approximate surface area is 121 Å². The number of amides is 1. The molecular weight excluding hydrogens is 266 g/mol. The zero-order valence-electron chi connectivity index (χ0n) is 11.8. The molecule has 0 atom stereocenters. The van der Waals surface area contributed by atoms with Crippen LogP contribution in [0.3, 0.4) is 0 Å². The first-order chi connectivity index (χ1) is 10.0. The van der Waals surface area contributed by atoms with Crippen LogP contribution in [-0.2, 0) is 7.05 Å². The topological polar surface area (TPSA) is 66.9 Å². The number of aromatic amines is 1. The average molecular weight is 281 g/mol. The standard InChI is InChI=1S/C16H15N3O2/c1-10-7-15(20)19(2)9-14(10)18-16(21)12-3-4-13-11(8-12)5-6-17-13/h3-9,17H,1-2H3,(H,18,21). The van der Waals surface area contributed by atoms with E-state index in [0.717, 1.165) is 16.5 Å². The second kappa shape index (κ2) is 4.94. The maximum atomic E-state index is 12.3. The van der Waals surface area contributed by atoms with E-state index in [1.165, 1.54) is 10.6 Å². The van der Waals surface area contributed by atoms with E-state index < -0.39 is 0 Å². The number of H-pyrrole nitrogens is 1. The van der Waals surface area contributed by atoms with E-state index in [9.17, 15) is 9.59 Å². The number of aromatic nitrogens is 2. The van der Waals surface area contributed by atoms with Crippen molar-refractivity contribution in [1.29, 1.82) is 0 Å². The summed E-state index contributed by atoms with van der Waals surface area (Å²) in [5, 5.41) is 3.83. The largest absolute Gasteiger partial charge is 0.361 e. The Morgan fingerprint density at radius 2 is 2.05 bits per heavy atom. The number of nitrogens with zero attached hydrogens (tertiary/aromatic N) is 1. The Morgan fingerprint density at radius 3 is 2.86 bits per heavy atom. The van der Waals surface area contributed by atoms with Gasteiger partial charge in [-0.3, -0.25) is 9.59 Å². The summed E-state index contributed by atoms with van der Waals surface area (Å²) in [5.41, 5.74) is 2.85. The molecule has 1 aromatic carbocycles. The van der Waals surface area contributed by atoms with E-state index >= 15 is 0 Å². The van der Waals surface area contributed by atoms with Crippen molar-refractivity contribution in [3.05, 3.63) is 64.2 Å². The number of rotatable bonds is 2. The molecule has 3 aromatic rings. The SMILES string of the molecule is Cc1cc(=O)n(C)cc1NC(=O)c1ccc2[nH]ccc2c1. The molecule has 2 N–H and O–H groups in total. The monoisotopic (exact) mass is 281 g/mol. The minimum atomic E-state index is -0.195. The van der Waals surface area contributed by atoms with Gasteiger partial charge < -0.3 is 14.9 Å². The molecule has 0 bridgehead atoms. The molecule has 0 unspecified atom stereocenters. The van der Waals surface area contributed by atoms with Crippen LogP contribution in [0.15, 0.2) is 47.5 Å². The molecular formula is C16H15N3O2. The number of nitrogens with one attached hydrogen (secondary N) is 2. The molecule has 5 heteroatoms. The predicted molar refractivity (Wildman–Crippen MR) is 82.7 cm³/mol. The van der Waals surface area contributed by atoms with E-state index in [1.54, 1.807) is 26.2 Å². The van der Waals surface area contributed by atoms with Crippen molar-refractivity contribution in [3.63, 3.8) is 0 Å². The lowest BCUT2D eigenvalue weighted by Gasteiger charge is -2.10. The zero-order chi connectivity index (χ0) is 15.0. The van der Waals surface area contributed by atoms with Gasteiger partial charge in [0.2, 0.25) is 0 Å². The van der Waals surface area contributed by atoms with Crippen molar-refractivity contribution in [1.82, 2.24) is 9.55 Å². The highest BCUT2D eigenvalue weighted by Crippen LogP contribution is 2.17. The predicted octanol–water partition coefficient (Wildman–Crippen LogP) is 2.43. The highest BCUT2D eigenvalue weighted by atomic mass is 16.1. The molecule has 0 radical (unpaired) electrons. The van der Waals surface area contributed by atoms with Crippen molar-refractivity contribution in [2.75, 3.05) is 5.32 Å². The summed E-state index contributed by atoms with van der Waals surface area (Å²) < 4.78 is 1.44. The number of carbonyl (C=O) groups excluding carboxylic acids is 1. The molecule has 106 valence electrons. The number of anilines is 1. The molecule has 0 aliphatic carbocycles. The maximum absolute atomic E-state index is 12.3. The van der Waals surface area contributed by atoms with Gasteiger partial charge in [-0.05, 0) is 36.8 Å². The summed E-state index contributed by atoms with van der Waals surface area (Å²) in [6.07, 6.45) is 3.47. The third kappa shape index (κ3) is 2.45. The first kappa shape index (κ1) is 13.2. The van der Waals surface area contributed by atoms with Crippen molar-refractivity contribution in [2.45, 2.75) is 6.92 Å². The lowest BCUT2D eigenvalue weighted by atomic mass is 10.1. The fraction of sp³-hybridized carbons (Fsp3) is 0.125. The molecule has 0 saturated carbocycles. The second-order valence-electron chi connectivity index (χ2n) is 5.05. The van der Waals surface area contributed by atoms with Crippen LogP contribution < -0.4 is 10.9 Å². The molecule has 5 nitrogen and oxygen atoms in total. The Morgan fingerprint density at radius 1 is 1.24 bits per heavy atom. The second-order valence-corrected chi connectivity index (χ2v) is 5.05. The van der Waals surface area contributed by atoms with E-state index in [1.807, 2.05) is 24.4 Å². The highest BCUT2D eigenvalue weighted by molar-refractivity contribution is 6.06. The Kier molecular flexibility index (Phi) is 3.10. The van der Waals surface area contributed by atoms with Crippen LogP contribution >= 0.6 is 0 Å². The Hall–Kier alpha value is -2.82. The fourth-order valence-electron chi connectivity index (χ4n) is 2.24. The number of fused-ring (bicyclic) bond motifs is 1. The number of aryl methyl sites for hydroxylation is 2. The van der Waals surface area contributed by atoms with Gasteiger partial charge in [0.15, 0.2) is 0 Å². The van der Waals surface area contributed by atoms with Gasteiger partial charge in [0.1, 0.15) is 0 Å². The van der Waals surface area contributed by atoms with Gasteiger partial charge in [0, 0.05) is 42.0 Å². The molecule has 0 aliphatic rings. The summed E-state index contributed by atoms with van der Waals surface area (Å²) in [5.74, 6) is -0.195. The van der Waals surface area contributed by atoms with E-state index in [-0.39, 0.29) is 11.5 Å². The molecule has 2 aromatic heterocycles. The quantitative estimate of drug-likeness (QED) is 0.757. The first-order valence-corrected chi connectivity index (χ1v) is 6.60. The zero-order valence-corrected chi connectivity index (χ0v) is 11.8. The van der Waals surface area contributed by atoms with Gasteiger partial charge >= 0.3 is 0 Å². The van der Waals surface area contributed by atoms with Gasteiger partial charge in [-0.25, -0.2) is 0 Å². The van der Waals surface area contributed by atoms with Crippen LogP contribution in [-0.4, -0.2) is 15.5 Å². The molecule has 21 heavy (non-hydrogen) atoms. The molecule has 2 heterocycles. The van der Waals surface area contributed by atoms with Crippen molar-refractivity contribution in [3.8, 4) is 0 Å². The summed E-state index contributed by atoms with van der Waals surface area (Å²) in [6.45, 7) is 1.80. The van der Waals surface area contributed by atoms with Crippen LogP contribution in [0.2, 0.25) is 0 Å². The van der Waals surface area contributed by atoms with Gasteiger partial charge in [-0.1, -0.05) is 0 Å². The van der Waals surface area contributed by atoms with E-state index in [4.69, 9.17) is 0 Å². The summed E-state index contributed by atoms with van der Waals surface area (Å²) in [7, 11) is 1.66. The van der Waals surface area contributed by atoms with Crippen LogP contribution in [0, 0.1) is 6.92 Å². The number of carbonyl (C=O) groups is 1. The minimum absolute atomic E-state index is 0.0979. The third-order valence-electron chi connectivity index (χ3n) is 3.50. The highest BCUT2D eigenvalue weighted by Gasteiger charge is 2.09. The molecule has 0 saturated heterocycles. The average Bonchev–Trinajstić information content (AvgIpc) is 2.92. The van der Waals surface area contributed by atoms with Crippen LogP contribution in [0.5, 0.6) is 0 Å².